The van der Waals surface area contributed by atoms with Crippen LogP contribution in [0.5, 0.6) is 0 Å². The van der Waals surface area contributed by atoms with Crippen molar-refractivity contribution in [3.05, 3.63) is 0 Å². The summed E-state index contributed by atoms with van der Waals surface area (Å²) in [6, 6.07) is 0.304. The van der Waals surface area contributed by atoms with Crippen LogP contribution in [0.25, 0.3) is 0 Å². The number of nitrogens with zero attached hydrogens (tertiary/aromatic N) is 1. The fourth-order valence-corrected chi connectivity index (χ4v) is 3.07. The maximum Gasteiger partial charge on any atom is 0.235 e. The van der Waals surface area contributed by atoms with Gasteiger partial charge in [0.15, 0.2) is 0 Å². The molecule has 2 unspecified atom stereocenters. The molecule has 0 aromatic carbocycles. The summed E-state index contributed by atoms with van der Waals surface area (Å²) in [5.41, 5.74) is 5.36. The van der Waals surface area contributed by atoms with Crippen molar-refractivity contribution in [1.29, 1.82) is 0 Å². The number of amides is 1. The van der Waals surface area contributed by atoms with E-state index in [4.69, 9.17) is 12.2 Å². The lowest BCUT2D eigenvalue weighted by molar-refractivity contribution is -0.124. The molecular weight excluding hydrogens is 250 g/mol. The summed E-state index contributed by atoms with van der Waals surface area (Å²) in [6.45, 7) is 8.18. The number of carbonyl (C=O) groups is 1. The molecule has 1 heterocycles. The van der Waals surface area contributed by atoms with Crippen molar-refractivity contribution in [3.63, 3.8) is 0 Å². The lowest BCUT2D eigenvalue weighted by atomic mass is 9.90. The molecule has 4 heteroatoms. The highest BCUT2D eigenvalue weighted by molar-refractivity contribution is 5.79. The van der Waals surface area contributed by atoms with E-state index in [0.717, 1.165) is 25.8 Å². The average Bonchev–Trinajstić information content (AvgIpc) is 2.45. The average molecular weight is 279 g/mol. The van der Waals surface area contributed by atoms with Crippen LogP contribution in [-0.2, 0) is 4.79 Å². The van der Waals surface area contributed by atoms with E-state index >= 15 is 0 Å². The molecule has 0 spiro atoms. The van der Waals surface area contributed by atoms with Gasteiger partial charge in [-0.1, -0.05) is 26.7 Å². The quantitative estimate of drug-likeness (QED) is 0.722. The molecule has 1 saturated heterocycles. The SMILES string of the molecule is C#CC(CC)(CC)NC(=O)CN1CCCC(C)C1CN. The van der Waals surface area contributed by atoms with Crippen molar-refractivity contribution >= 4 is 5.91 Å². The summed E-state index contributed by atoms with van der Waals surface area (Å²) in [5.74, 6) is 3.31. The van der Waals surface area contributed by atoms with Crippen LogP contribution in [0, 0.1) is 18.3 Å². The van der Waals surface area contributed by atoms with Crippen LogP contribution < -0.4 is 11.1 Å². The van der Waals surface area contributed by atoms with Gasteiger partial charge in [0, 0.05) is 12.6 Å². The van der Waals surface area contributed by atoms with Gasteiger partial charge >= 0.3 is 0 Å². The number of terminal acetylenes is 1. The molecule has 1 aliphatic heterocycles. The topological polar surface area (TPSA) is 58.4 Å². The highest BCUT2D eigenvalue weighted by Crippen LogP contribution is 2.22. The van der Waals surface area contributed by atoms with Crippen LogP contribution in [-0.4, -0.2) is 42.0 Å². The van der Waals surface area contributed by atoms with E-state index in [-0.39, 0.29) is 5.91 Å². The molecule has 2 atom stereocenters. The Kier molecular flexibility index (Phi) is 6.51. The van der Waals surface area contributed by atoms with Crippen LogP contribution in [0.1, 0.15) is 46.5 Å². The number of piperidine rings is 1. The molecule has 4 nitrogen and oxygen atoms in total. The third kappa shape index (κ3) is 3.97. The van der Waals surface area contributed by atoms with Gasteiger partial charge in [-0.15, -0.1) is 6.42 Å². The summed E-state index contributed by atoms with van der Waals surface area (Å²) < 4.78 is 0. The first kappa shape index (κ1) is 17.0. The van der Waals surface area contributed by atoms with Gasteiger partial charge in [0.25, 0.3) is 0 Å². The zero-order valence-electron chi connectivity index (χ0n) is 13.1. The largest absolute Gasteiger partial charge is 0.339 e. The minimum absolute atomic E-state index is 0.0131. The number of rotatable bonds is 6. The maximum absolute atomic E-state index is 12.3. The van der Waals surface area contributed by atoms with E-state index in [0.29, 0.717) is 25.0 Å². The lowest BCUT2D eigenvalue weighted by Crippen LogP contribution is -2.55. The Morgan fingerprint density at radius 1 is 1.50 bits per heavy atom. The Morgan fingerprint density at radius 2 is 2.15 bits per heavy atom. The second kappa shape index (κ2) is 7.66. The van der Waals surface area contributed by atoms with Crippen molar-refractivity contribution in [2.45, 2.75) is 58.0 Å². The fraction of sp³-hybridized carbons (Fsp3) is 0.812. The molecule has 0 radical (unpaired) electrons. The third-order valence-electron chi connectivity index (χ3n) is 4.68. The number of hydrogen-bond donors (Lipinski definition) is 2. The van der Waals surface area contributed by atoms with Crippen molar-refractivity contribution in [2.75, 3.05) is 19.6 Å². The molecule has 20 heavy (non-hydrogen) atoms. The minimum atomic E-state index is -0.503. The Hall–Kier alpha value is -1.05. The van der Waals surface area contributed by atoms with Gasteiger partial charge in [0.2, 0.25) is 5.91 Å². The first-order valence-electron chi connectivity index (χ1n) is 7.74. The van der Waals surface area contributed by atoms with Crippen LogP contribution in [0.2, 0.25) is 0 Å². The van der Waals surface area contributed by atoms with Gasteiger partial charge < -0.3 is 11.1 Å². The molecule has 0 aromatic heterocycles. The molecule has 1 aliphatic rings. The van der Waals surface area contributed by atoms with Crippen LogP contribution >= 0.6 is 0 Å². The van der Waals surface area contributed by atoms with Crippen LogP contribution in [0.3, 0.4) is 0 Å². The molecule has 1 fully saturated rings. The Labute approximate surface area is 123 Å². The van der Waals surface area contributed by atoms with Crippen molar-refractivity contribution in [1.82, 2.24) is 10.2 Å². The van der Waals surface area contributed by atoms with Gasteiger partial charge in [-0.2, -0.15) is 0 Å². The summed E-state index contributed by atoms with van der Waals surface area (Å²) in [7, 11) is 0. The molecular formula is C16H29N3O. The van der Waals surface area contributed by atoms with Gasteiger partial charge in [-0.25, -0.2) is 0 Å². The predicted octanol–water partition coefficient (Wildman–Crippen LogP) is 1.35. The van der Waals surface area contributed by atoms with Gasteiger partial charge in [-0.05, 0) is 38.1 Å². The molecule has 1 amide bonds. The molecule has 0 saturated carbocycles. The zero-order chi connectivity index (χ0) is 15.2. The first-order chi connectivity index (χ1) is 9.51. The summed E-state index contributed by atoms with van der Waals surface area (Å²) in [5, 5.41) is 3.03. The Bertz CT molecular complexity index is 357. The molecule has 0 aliphatic carbocycles. The Morgan fingerprint density at radius 3 is 2.65 bits per heavy atom. The van der Waals surface area contributed by atoms with E-state index in [2.05, 4.69) is 23.1 Å². The number of hydrogen-bond acceptors (Lipinski definition) is 3. The number of carbonyl (C=O) groups excluding carboxylic acids is 1. The number of likely N-dealkylation sites (tertiary alicyclic amines) is 1. The monoisotopic (exact) mass is 279 g/mol. The predicted molar refractivity (Wildman–Crippen MR) is 83.1 cm³/mol. The smallest absolute Gasteiger partial charge is 0.235 e. The maximum atomic E-state index is 12.3. The zero-order valence-corrected chi connectivity index (χ0v) is 13.1. The molecule has 3 N–H and O–H groups in total. The molecule has 0 bridgehead atoms. The van der Waals surface area contributed by atoms with Gasteiger partial charge in [-0.3, -0.25) is 9.69 Å². The van der Waals surface area contributed by atoms with E-state index in [1.165, 1.54) is 6.42 Å². The van der Waals surface area contributed by atoms with Gasteiger partial charge in [0.05, 0.1) is 6.54 Å². The first-order valence-corrected chi connectivity index (χ1v) is 7.74. The molecule has 114 valence electrons. The summed E-state index contributed by atoms with van der Waals surface area (Å²) >= 11 is 0. The second-order valence-electron chi connectivity index (χ2n) is 5.87. The van der Waals surface area contributed by atoms with Crippen molar-refractivity contribution < 1.29 is 4.79 Å². The van der Waals surface area contributed by atoms with Crippen molar-refractivity contribution in [2.24, 2.45) is 11.7 Å². The van der Waals surface area contributed by atoms with Gasteiger partial charge in [0.1, 0.15) is 5.54 Å². The fourth-order valence-electron chi connectivity index (χ4n) is 3.07. The van der Waals surface area contributed by atoms with E-state index in [1.807, 2.05) is 13.8 Å². The minimum Gasteiger partial charge on any atom is -0.339 e. The van der Waals surface area contributed by atoms with Crippen LogP contribution in [0.4, 0.5) is 0 Å². The number of nitrogens with one attached hydrogen (secondary N) is 1. The normalized spacial score (nSPS) is 24.1. The Balaban J connectivity index is 2.63. The van der Waals surface area contributed by atoms with E-state index in [1.54, 1.807) is 0 Å². The van der Waals surface area contributed by atoms with Crippen molar-refractivity contribution in [3.8, 4) is 12.3 Å². The molecule has 1 rings (SSSR count). The highest BCUT2D eigenvalue weighted by atomic mass is 16.2. The summed E-state index contributed by atoms with van der Waals surface area (Å²) in [4.78, 5) is 14.5. The van der Waals surface area contributed by atoms with E-state index < -0.39 is 5.54 Å². The standard InChI is InChI=1S/C16H29N3O/c1-5-16(6-2,7-3)18-15(20)12-19-10-8-9-13(4)14(19)11-17/h1,13-14H,6-12,17H2,2-4H3,(H,18,20). The van der Waals surface area contributed by atoms with E-state index in [9.17, 15) is 4.79 Å². The number of nitrogens with two attached hydrogens (primary N) is 1. The third-order valence-corrected chi connectivity index (χ3v) is 4.68. The van der Waals surface area contributed by atoms with Crippen LogP contribution in [0.15, 0.2) is 0 Å². The lowest BCUT2D eigenvalue weighted by Gasteiger charge is -2.39. The highest BCUT2D eigenvalue weighted by Gasteiger charge is 2.31. The summed E-state index contributed by atoms with van der Waals surface area (Å²) in [6.07, 6.45) is 9.42. The molecule has 0 aromatic rings. The second-order valence-corrected chi connectivity index (χ2v) is 5.87.